The third-order valence-electron chi connectivity index (χ3n) is 7.68. The average Bonchev–Trinajstić information content (AvgIpc) is 3.19. The maximum atomic E-state index is 13.6. The number of rotatable bonds is 9. The Morgan fingerprint density at radius 2 is 1.82 bits per heavy atom. The van der Waals surface area contributed by atoms with Crippen molar-refractivity contribution in [2.75, 3.05) is 31.6 Å². The monoisotopic (exact) mass is 578 g/mol. The van der Waals surface area contributed by atoms with Crippen LogP contribution in [0.15, 0.2) is 34.0 Å². The van der Waals surface area contributed by atoms with E-state index in [1.54, 1.807) is 16.6 Å². The number of amides is 1. The van der Waals surface area contributed by atoms with Gasteiger partial charge in [0.2, 0.25) is 0 Å². The number of nitrogens with zero attached hydrogens (tertiary/aromatic N) is 4. The van der Waals surface area contributed by atoms with Gasteiger partial charge >= 0.3 is 0 Å². The van der Waals surface area contributed by atoms with Crippen molar-refractivity contribution in [2.24, 2.45) is 11.8 Å². The van der Waals surface area contributed by atoms with E-state index in [1.165, 1.54) is 11.8 Å². The van der Waals surface area contributed by atoms with E-state index in [0.29, 0.717) is 46.1 Å². The van der Waals surface area contributed by atoms with Crippen molar-refractivity contribution in [3.05, 3.63) is 61.8 Å². The van der Waals surface area contributed by atoms with E-state index in [-0.39, 0.29) is 17.0 Å². The van der Waals surface area contributed by atoms with Crippen LogP contribution in [0.4, 0.5) is 5.82 Å². The Balaban J connectivity index is 1.74. The van der Waals surface area contributed by atoms with Crippen LogP contribution in [-0.2, 0) is 17.8 Å². The predicted octanol–water partition coefficient (Wildman–Crippen LogP) is 5.76. The molecule has 0 N–H and O–H groups in total. The molecule has 1 aromatic carbocycles. The first-order valence-electron chi connectivity index (χ1n) is 14.0. The van der Waals surface area contributed by atoms with Crippen LogP contribution in [0, 0.1) is 30.1 Å². The first-order valence-corrected chi connectivity index (χ1v) is 15.2. The standard InChI is InChI=1S/C31H38N4O3S2/c1-6-7-13-34-28(33-18-20(2)15-21(3)19-33)25(22(4)26(17-32)29(34)36)16-27-30(37)35(31(39)40-27)14-12-23-8-10-24(38-5)11-9-23/h8-11,16,20-21H,6-7,12-15,18-19H2,1-5H3. The van der Waals surface area contributed by atoms with Gasteiger partial charge in [-0.05, 0) is 67.4 Å². The third kappa shape index (κ3) is 6.29. The zero-order valence-corrected chi connectivity index (χ0v) is 25.7. The number of unbranched alkanes of at least 4 members (excludes halogenated alkanes) is 1. The minimum Gasteiger partial charge on any atom is -0.497 e. The molecule has 2 saturated heterocycles. The maximum absolute atomic E-state index is 13.6. The molecule has 212 valence electrons. The van der Waals surface area contributed by atoms with Crippen LogP contribution >= 0.6 is 24.0 Å². The summed E-state index contributed by atoms with van der Waals surface area (Å²) >= 11 is 6.91. The Labute approximate surface area is 246 Å². The van der Waals surface area contributed by atoms with Gasteiger partial charge in [0.05, 0.1) is 12.0 Å². The second kappa shape index (κ2) is 13.0. The van der Waals surface area contributed by atoms with Crippen molar-refractivity contribution in [1.29, 1.82) is 5.26 Å². The number of ether oxygens (including phenoxy) is 1. The number of carbonyl (C=O) groups excluding carboxylic acids is 1. The number of carbonyl (C=O) groups is 1. The number of nitriles is 1. The molecule has 0 bridgehead atoms. The van der Waals surface area contributed by atoms with E-state index in [1.807, 2.05) is 37.3 Å². The molecule has 3 heterocycles. The highest BCUT2D eigenvalue weighted by atomic mass is 32.2. The summed E-state index contributed by atoms with van der Waals surface area (Å²) in [7, 11) is 1.64. The lowest BCUT2D eigenvalue weighted by Gasteiger charge is -2.39. The number of aromatic nitrogens is 1. The van der Waals surface area contributed by atoms with Crippen molar-refractivity contribution in [3.63, 3.8) is 0 Å². The number of thiocarbonyl (C=S) groups is 1. The van der Waals surface area contributed by atoms with Gasteiger partial charge in [-0.25, -0.2) is 0 Å². The molecule has 4 rings (SSSR count). The zero-order valence-electron chi connectivity index (χ0n) is 24.0. The number of benzene rings is 1. The molecule has 9 heteroatoms. The summed E-state index contributed by atoms with van der Waals surface area (Å²) in [5.41, 5.74) is 2.36. The van der Waals surface area contributed by atoms with Crippen LogP contribution in [0.2, 0.25) is 0 Å². The minimum absolute atomic E-state index is 0.138. The molecule has 2 fully saturated rings. The smallest absolute Gasteiger partial charge is 0.270 e. The SMILES string of the molecule is CCCCn1c(N2CC(C)CC(C)C2)c(C=C2SC(=S)N(CCc3ccc(OC)cc3)C2=O)c(C)c(C#N)c1=O. The molecule has 0 saturated carbocycles. The van der Waals surface area contributed by atoms with Crippen LogP contribution in [0.3, 0.4) is 0 Å². The maximum Gasteiger partial charge on any atom is 0.270 e. The molecule has 2 aliphatic heterocycles. The summed E-state index contributed by atoms with van der Waals surface area (Å²) in [4.78, 5) is 31.6. The number of pyridine rings is 1. The number of piperidine rings is 1. The Hall–Kier alpha value is -3.09. The summed E-state index contributed by atoms with van der Waals surface area (Å²) in [6, 6.07) is 9.95. The highest BCUT2D eigenvalue weighted by Crippen LogP contribution is 2.37. The Morgan fingerprint density at radius 1 is 1.15 bits per heavy atom. The molecular weight excluding hydrogens is 541 g/mol. The van der Waals surface area contributed by atoms with Gasteiger partial charge in [0.25, 0.3) is 11.5 Å². The molecule has 1 amide bonds. The van der Waals surface area contributed by atoms with Gasteiger partial charge in [-0.15, -0.1) is 0 Å². The Morgan fingerprint density at radius 3 is 2.42 bits per heavy atom. The van der Waals surface area contributed by atoms with Crippen molar-refractivity contribution in [3.8, 4) is 11.8 Å². The molecule has 1 aromatic heterocycles. The number of hydrogen-bond acceptors (Lipinski definition) is 7. The highest BCUT2D eigenvalue weighted by Gasteiger charge is 2.34. The molecule has 0 spiro atoms. The Kier molecular flexibility index (Phi) is 9.75. The molecular formula is C31H38N4O3S2. The lowest BCUT2D eigenvalue weighted by atomic mass is 9.91. The summed E-state index contributed by atoms with van der Waals surface area (Å²) in [5, 5.41) is 9.96. The summed E-state index contributed by atoms with van der Waals surface area (Å²) in [6.45, 7) is 11.0. The van der Waals surface area contributed by atoms with Gasteiger partial charge < -0.3 is 9.64 Å². The van der Waals surface area contributed by atoms with E-state index in [9.17, 15) is 14.9 Å². The van der Waals surface area contributed by atoms with Crippen molar-refractivity contribution < 1.29 is 9.53 Å². The van der Waals surface area contributed by atoms with Gasteiger partial charge in [-0.1, -0.05) is 63.3 Å². The van der Waals surface area contributed by atoms with Crippen LogP contribution in [0.25, 0.3) is 6.08 Å². The van der Waals surface area contributed by atoms with Crippen LogP contribution in [0.1, 0.15) is 62.3 Å². The molecule has 40 heavy (non-hydrogen) atoms. The predicted molar refractivity (Wildman–Crippen MR) is 167 cm³/mol. The molecule has 2 aromatic rings. The number of thioether (sulfide) groups is 1. The lowest BCUT2D eigenvalue weighted by molar-refractivity contribution is -0.122. The van der Waals surface area contributed by atoms with E-state index in [4.69, 9.17) is 17.0 Å². The van der Waals surface area contributed by atoms with Gasteiger partial charge in [-0.3, -0.25) is 19.1 Å². The van der Waals surface area contributed by atoms with Crippen molar-refractivity contribution in [2.45, 2.75) is 59.9 Å². The minimum atomic E-state index is -0.251. The summed E-state index contributed by atoms with van der Waals surface area (Å²) < 4.78 is 7.53. The van der Waals surface area contributed by atoms with Gasteiger partial charge in [0.1, 0.15) is 27.5 Å². The topological polar surface area (TPSA) is 78.6 Å². The zero-order chi connectivity index (χ0) is 29.0. The highest BCUT2D eigenvalue weighted by molar-refractivity contribution is 8.26. The fraction of sp³-hybridized carbons (Fsp3) is 0.484. The van der Waals surface area contributed by atoms with E-state index in [0.717, 1.165) is 55.0 Å². The second-order valence-electron chi connectivity index (χ2n) is 10.9. The van der Waals surface area contributed by atoms with E-state index in [2.05, 4.69) is 31.7 Å². The third-order valence-corrected chi connectivity index (χ3v) is 9.06. The molecule has 2 aliphatic rings. The van der Waals surface area contributed by atoms with Crippen molar-refractivity contribution >= 4 is 46.1 Å². The second-order valence-corrected chi connectivity index (χ2v) is 12.6. The number of hydrogen-bond donors (Lipinski definition) is 0. The average molecular weight is 579 g/mol. The fourth-order valence-electron chi connectivity index (χ4n) is 5.70. The molecule has 2 atom stereocenters. The van der Waals surface area contributed by atoms with E-state index < -0.39 is 0 Å². The van der Waals surface area contributed by atoms with E-state index >= 15 is 0 Å². The molecule has 0 radical (unpaired) electrons. The lowest BCUT2D eigenvalue weighted by Crippen LogP contribution is -2.43. The normalized spacial score (nSPS) is 20.4. The first-order chi connectivity index (χ1) is 19.2. The van der Waals surface area contributed by atoms with Crippen LogP contribution < -0.4 is 15.2 Å². The van der Waals surface area contributed by atoms with Crippen LogP contribution in [0.5, 0.6) is 5.75 Å². The number of methoxy groups -OCH3 is 1. The quantitative estimate of drug-likeness (QED) is 0.276. The van der Waals surface area contributed by atoms with Crippen molar-refractivity contribution in [1.82, 2.24) is 9.47 Å². The number of anilines is 1. The van der Waals surface area contributed by atoms with Gasteiger partial charge in [0.15, 0.2) is 0 Å². The fourth-order valence-corrected chi connectivity index (χ4v) is 6.99. The summed E-state index contributed by atoms with van der Waals surface area (Å²) in [6.07, 6.45) is 5.42. The molecule has 0 aliphatic carbocycles. The largest absolute Gasteiger partial charge is 0.497 e. The molecule has 2 unspecified atom stereocenters. The first kappa shape index (κ1) is 29.9. The summed E-state index contributed by atoms with van der Waals surface area (Å²) in [5.74, 6) is 2.41. The molecule has 7 nitrogen and oxygen atoms in total. The van der Waals surface area contributed by atoms with Gasteiger partial charge in [0, 0.05) is 31.7 Å². The van der Waals surface area contributed by atoms with Gasteiger partial charge in [-0.2, -0.15) is 5.26 Å². The Bertz CT molecular complexity index is 1400. The van der Waals surface area contributed by atoms with Crippen LogP contribution in [-0.4, -0.2) is 46.4 Å².